The van der Waals surface area contributed by atoms with Crippen molar-refractivity contribution in [3.63, 3.8) is 0 Å². The molecule has 1 atom stereocenters. The van der Waals surface area contributed by atoms with Gasteiger partial charge in [-0.3, -0.25) is 0 Å². The molecule has 0 radical (unpaired) electrons. The van der Waals surface area contributed by atoms with Crippen LogP contribution in [0, 0.1) is 20.8 Å². The number of hydrogen-bond acceptors (Lipinski definition) is 6. The molecule has 3 N–H and O–H groups in total. The van der Waals surface area contributed by atoms with Gasteiger partial charge in [-0.05, 0) is 64.3 Å². The summed E-state index contributed by atoms with van der Waals surface area (Å²) in [4.78, 5) is 23.9. The van der Waals surface area contributed by atoms with Crippen LogP contribution < -0.4 is 10.6 Å². The van der Waals surface area contributed by atoms with E-state index in [4.69, 9.17) is 10.5 Å². The third kappa shape index (κ3) is 4.31. The highest BCUT2D eigenvalue weighted by Gasteiger charge is 2.36. The Morgan fingerprint density at radius 1 is 1.08 bits per heavy atom. The maximum Gasteiger partial charge on any atom is 0.337 e. The van der Waals surface area contributed by atoms with E-state index >= 15 is 0 Å². The molecule has 5 rings (SSSR count). The molecule has 0 fully saturated rings. The molecule has 0 bridgehead atoms. The number of benzene rings is 2. The number of hydrogen-bond donors (Lipinski definition) is 2. The molecule has 0 saturated heterocycles. The maximum absolute atomic E-state index is 12.8. The van der Waals surface area contributed by atoms with Gasteiger partial charge in [0.15, 0.2) is 6.10 Å². The van der Waals surface area contributed by atoms with Gasteiger partial charge in [0.25, 0.3) is 0 Å². The topological polar surface area (TPSA) is 106 Å². The van der Waals surface area contributed by atoms with E-state index in [1.807, 2.05) is 34.6 Å². The van der Waals surface area contributed by atoms with Crippen molar-refractivity contribution in [2.24, 2.45) is 0 Å². The first-order valence-electron chi connectivity index (χ1n) is 12.5. The van der Waals surface area contributed by atoms with Crippen molar-refractivity contribution >= 4 is 34.2 Å². The Balaban J connectivity index is 1.90. The van der Waals surface area contributed by atoms with Crippen LogP contribution in [-0.2, 0) is 16.1 Å². The molecule has 0 amide bonds. The summed E-state index contributed by atoms with van der Waals surface area (Å²) in [6.07, 6.45) is 2.02. The Bertz CT molecular complexity index is 1500. The highest BCUT2D eigenvalue weighted by Crippen LogP contribution is 2.49. The first-order valence-corrected chi connectivity index (χ1v) is 12.5. The minimum atomic E-state index is -1.17. The highest BCUT2D eigenvalue weighted by atomic mass is 16.5. The van der Waals surface area contributed by atoms with Gasteiger partial charge in [0, 0.05) is 29.7 Å². The summed E-state index contributed by atoms with van der Waals surface area (Å²) in [5.41, 5.74) is 13.2. The third-order valence-electron chi connectivity index (χ3n) is 6.84. The number of aliphatic carboxylic acids is 1. The van der Waals surface area contributed by atoms with Crippen LogP contribution in [-0.4, -0.2) is 37.8 Å². The summed E-state index contributed by atoms with van der Waals surface area (Å²) >= 11 is 0. The fourth-order valence-electron chi connectivity index (χ4n) is 5.31. The van der Waals surface area contributed by atoms with Crippen LogP contribution in [0.25, 0.3) is 22.0 Å². The average Bonchev–Trinajstić information content (AvgIpc) is 3.17. The number of nitrogens with zero attached hydrogens (tertiary/aromatic N) is 4. The number of aromatic nitrogens is 3. The number of nitrogen functional groups attached to an aromatic ring is 1. The Morgan fingerprint density at radius 3 is 2.32 bits per heavy atom. The van der Waals surface area contributed by atoms with Crippen LogP contribution in [0.1, 0.15) is 49.3 Å². The largest absolute Gasteiger partial charge is 0.479 e. The molecular formula is C29H33N5O3. The van der Waals surface area contributed by atoms with E-state index in [0.29, 0.717) is 23.7 Å². The number of anilines is 3. The average molecular weight is 500 g/mol. The Hall–Kier alpha value is -3.91. The highest BCUT2D eigenvalue weighted by molar-refractivity contribution is 6.08. The predicted octanol–water partition coefficient (Wildman–Crippen LogP) is 5.70. The van der Waals surface area contributed by atoms with Crippen molar-refractivity contribution in [2.45, 2.75) is 59.8 Å². The molecule has 0 spiro atoms. The zero-order chi connectivity index (χ0) is 26.6. The summed E-state index contributed by atoms with van der Waals surface area (Å²) in [6, 6.07) is 10.4. The lowest BCUT2D eigenvalue weighted by atomic mass is 9.87. The van der Waals surface area contributed by atoms with E-state index in [-0.39, 0.29) is 0 Å². The molecule has 8 heteroatoms. The standard InChI is InChI=1S/C29H33N5O3/c1-16-7-9-19(10-8-16)23-21-13-17(2)33-11-12-34(28-31-14-20(30)15-32-28)24(25(21)33)18(3)22(23)26(27(35)36)37-29(4,5)6/h7-10,13-15,26H,11-12,30H2,1-6H3,(H,35,36)/t26-/m0/s1. The minimum absolute atomic E-state index is 0.488. The Kier molecular flexibility index (Phi) is 5.95. The molecule has 8 nitrogen and oxygen atoms in total. The number of ether oxygens (including phenoxy) is 1. The lowest BCUT2D eigenvalue weighted by Crippen LogP contribution is -2.32. The maximum atomic E-state index is 12.8. The SMILES string of the molecule is Cc1ccc(-c2c([C@H](OC(C)(C)C)C(=O)O)c(C)c3c4c2cc(C)n4CCN3c2ncc(N)cn2)cc1. The van der Waals surface area contributed by atoms with Gasteiger partial charge in [0.1, 0.15) is 0 Å². The lowest BCUT2D eigenvalue weighted by molar-refractivity contribution is -0.160. The van der Waals surface area contributed by atoms with Gasteiger partial charge in [-0.25, -0.2) is 14.8 Å². The molecule has 2 aromatic carbocycles. The first-order chi connectivity index (χ1) is 17.5. The van der Waals surface area contributed by atoms with Crippen LogP contribution in [0.15, 0.2) is 42.7 Å². The van der Waals surface area contributed by atoms with Crippen molar-refractivity contribution in [1.29, 1.82) is 0 Å². The zero-order valence-corrected chi connectivity index (χ0v) is 22.2. The van der Waals surface area contributed by atoms with Crippen molar-refractivity contribution < 1.29 is 14.6 Å². The monoisotopic (exact) mass is 499 g/mol. The number of carboxylic acids is 1. The summed E-state index contributed by atoms with van der Waals surface area (Å²) in [7, 11) is 0. The summed E-state index contributed by atoms with van der Waals surface area (Å²) in [5, 5.41) is 11.5. The third-order valence-corrected chi connectivity index (χ3v) is 6.84. The van der Waals surface area contributed by atoms with Crippen molar-refractivity contribution in [2.75, 3.05) is 17.2 Å². The fraction of sp³-hybridized carbons (Fsp3) is 0.345. The van der Waals surface area contributed by atoms with E-state index in [1.165, 1.54) is 0 Å². The summed E-state index contributed by atoms with van der Waals surface area (Å²) in [5.74, 6) is -0.499. The Labute approximate surface area is 216 Å². The van der Waals surface area contributed by atoms with Gasteiger partial charge in [0.2, 0.25) is 5.95 Å². The molecule has 1 aliphatic rings. The van der Waals surface area contributed by atoms with Crippen LogP contribution in [0.4, 0.5) is 17.3 Å². The van der Waals surface area contributed by atoms with Gasteiger partial charge in [-0.1, -0.05) is 29.8 Å². The number of carbonyl (C=O) groups is 1. The van der Waals surface area contributed by atoms with Crippen LogP contribution >= 0.6 is 0 Å². The molecule has 192 valence electrons. The van der Waals surface area contributed by atoms with Crippen LogP contribution in [0.5, 0.6) is 0 Å². The summed E-state index contributed by atoms with van der Waals surface area (Å²) in [6.45, 7) is 13.1. The van der Waals surface area contributed by atoms with E-state index in [1.54, 1.807) is 12.4 Å². The predicted molar refractivity (Wildman–Crippen MR) is 146 cm³/mol. The molecule has 4 aromatic rings. The summed E-state index contributed by atoms with van der Waals surface area (Å²) < 4.78 is 8.54. The second-order valence-corrected chi connectivity index (χ2v) is 10.7. The second kappa shape index (κ2) is 8.88. The van der Waals surface area contributed by atoms with Crippen LogP contribution in [0.3, 0.4) is 0 Å². The van der Waals surface area contributed by atoms with Gasteiger partial charge in [-0.2, -0.15) is 0 Å². The van der Waals surface area contributed by atoms with E-state index in [9.17, 15) is 9.90 Å². The number of aryl methyl sites for hydroxylation is 2. The zero-order valence-electron chi connectivity index (χ0n) is 22.2. The van der Waals surface area contributed by atoms with Crippen LogP contribution in [0.2, 0.25) is 0 Å². The van der Waals surface area contributed by atoms with Gasteiger partial charge in [0.05, 0.1) is 34.9 Å². The molecule has 2 aromatic heterocycles. The Morgan fingerprint density at radius 2 is 1.73 bits per heavy atom. The number of rotatable bonds is 5. The molecule has 1 aliphatic heterocycles. The molecule has 0 saturated carbocycles. The molecule has 0 unspecified atom stereocenters. The molecule has 0 aliphatic carbocycles. The van der Waals surface area contributed by atoms with Gasteiger partial charge in [-0.15, -0.1) is 0 Å². The van der Waals surface area contributed by atoms with E-state index in [2.05, 4.69) is 56.7 Å². The van der Waals surface area contributed by atoms with Crippen molar-refractivity contribution in [1.82, 2.24) is 14.5 Å². The fourth-order valence-corrected chi connectivity index (χ4v) is 5.31. The van der Waals surface area contributed by atoms with Crippen molar-refractivity contribution in [3.8, 4) is 11.1 Å². The molecular weight excluding hydrogens is 466 g/mol. The van der Waals surface area contributed by atoms with Gasteiger partial charge >= 0.3 is 5.97 Å². The molecule has 3 heterocycles. The van der Waals surface area contributed by atoms with Crippen molar-refractivity contribution in [3.05, 3.63) is 65.1 Å². The number of nitrogens with two attached hydrogens (primary N) is 1. The second-order valence-electron chi connectivity index (χ2n) is 10.7. The lowest BCUT2D eigenvalue weighted by Gasteiger charge is -2.34. The van der Waals surface area contributed by atoms with E-state index in [0.717, 1.165) is 51.1 Å². The first kappa shape index (κ1) is 24.8. The minimum Gasteiger partial charge on any atom is -0.479 e. The van der Waals surface area contributed by atoms with Gasteiger partial charge < -0.3 is 25.0 Å². The quantitative estimate of drug-likeness (QED) is 0.363. The molecule has 37 heavy (non-hydrogen) atoms. The van der Waals surface area contributed by atoms with E-state index < -0.39 is 17.7 Å². The normalized spacial score (nSPS) is 14.3. The smallest absolute Gasteiger partial charge is 0.337 e. The number of carboxylic acid groups (broad SMARTS) is 1.